The number of nitrogens with one attached hydrogen (secondary N) is 1. The molecule has 3 aromatic heterocycles. The Bertz CT molecular complexity index is 1160. The van der Waals surface area contributed by atoms with E-state index in [0.29, 0.717) is 19.0 Å². The minimum atomic E-state index is 0.599. The average Bonchev–Trinajstić information content (AvgIpc) is 3.14. The Hall–Kier alpha value is -3.19. The van der Waals surface area contributed by atoms with Crippen LogP contribution in [0.1, 0.15) is 10.4 Å². The summed E-state index contributed by atoms with van der Waals surface area (Å²) in [4.78, 5) is 16.1. The number of anilines is 1. The number of benzene rings is 1. The van der Waals surface area contributed by atoms with Crippen molar-refractivity contribution in [1.29, 1.82) is 0 Å². The fourth-order valence-electron chi connectivity index (χ4n) is 3.35. The van der Waals surface area contributed by atoms with E-state index in [1.54, 1.807) is 17.5 Å². The highest BCUT2D eigenvalue weighted by atomic mass is 32.1. The molecule has 0 aliphatic carbocycles. The van der Waals surface area contributed by atoms with E-state index in [9.17, 15) is 0 Å². The number of aromatic nitrogens is 3. The van der Waals surface area contributed by atoms with Crippen molar-refractivity contribution in [2.75, 3.05) is 25.1 Å². The van der Waals surface area contributed by atoms with E-state index in [0.717, 1.165) is 46.2 Å². The second-order valence-electron chi connectivity index (χ2n) is 6.84. The van der Waals surface area contributed by atoms with Crippen LogP contribution in [0.2, 0.25) is 0 Å². The van der Waals surface area contributed by atoms with Crippen LogP contribution in [0.15, 0.2) is 48.7 Å². The maximum absolute atomic E-state index is 5.68. The lowest BCUT2D eigenvalue weighted by Crippen LogP contribution is -2.15. The highest BCUT2D eigenvalue weighted by Gasteiger charge is 2.14. The molecule has 7 heteroatoms. The second-order valence-corrected chi connectivity index (χ2v) is 8.08. The lowest BCUT2D eigenvalue weighted by molar-refractivity contribution is 0.171. The molecule has 1 aliphatic rings. The fraction of sp³-hybridized carbons (Fsp3) is 0.227. The molecule has 6 nitrogen and oxygen atoms in total. The van der Waals surface area contributed by atoms with Crippen LogP contribution in [0, 0.1) is 6.92 Å². The maximum Gasteiger partial charge on any atom is 0.181 e. The minimum Gasteiger partial charge on any atom is -0.486 e. The van der Waals surface area contributed by atoms with Crippen molar-refractivity contribution in [1.82, 2.24) is 15.0 Å². The highest BCUT2D eigenvalue weighted by molar-refractivity contribution is 7.18. The summed E-state index contributed by atoms with van der Waals surface area (Å²) in [5.74, 6) is 3.13. The normalized spacial score (nSPS) is 12.9. The van der Waals surface area contributed by atoms with Crippen LogP contribution in [0.4, 0.5) is 5.82 Å². The predicted octanol–water partition coefficient (Wildman–Crippen LogP) is 4.49. The van der Waals surface area contributed by atoms with Gasteiger partial charge in [-0.1, -0.05) is 12.1 Å². The van der Waals surface area contributed by atoms with Crippen LogP contribution < -0.4 is 14.8 Å². The first kappa shape index (κ1) is 17.9. The molecule has 0 fully saturated rings. The molecule has 5 rings (SSSR count). The molecule has 0 atom stereocenters. The van der Waals surface area contributed by atoms with E-state index in [1.807, 2.05) is 24.3 Å². The standard InChI is InChI=1S/C22H20N4O2S/c1-14-12-16-20(25-21(26-22(16)29-14)17-4-2-3-8-23-17)24-9-7-15-5-6-18-19(13-15)28-11-10-27-18/h2-6,8,12-13H,7,9-11H2,1H3,(H,24,25,26). The van der Waals surface area contributed by atoms with Crippen molar-refractivity contribution in [3.63, 3.8) is 0 Å². The van der Waals surface area contributed by atoms with Gasteiger partial charge in [-0.3, -0.25) is 4.98 Å². The summed E-state index contributed by atoms with van der Waals surface area (Å²) in [7, 11) is 0. The number of aryl methyl sites for hydroxylation is 1. The third-order valence-corrected chi connectivity index (χ3v) is 5.67. The fourth-order valence-corrected chi connectivity index (χ4v) is 4.23. The van der Waals surface area contributed by atoms with Gasteiger partial charge in [0.25, 0.3) is 0 Å². The van der Waals surface area contributed by atoms with Gasteiger partial charge in [-0.15, -0.1) is 11.3 Å². The molecule has 1 aliphatic heterocycles. The van der Waals surface area contributed by atoms with Gasteiger partial charge in [-0.25, -0.2) is 9.97 Å². The molecular formula is C22H20N4O2S. The Morgan fingerprint density at radius 2 is 1.93 bits per heavy atom. The van der Waals surface area contributed by atoms with Gasteiger partial charge < -0.3 is 14.8 Å². The van der Waals surface area contributed by atoms with Gasteiger partial charge >= 0.3 is 0 Å². The average molecular weight is 404 g/mol. The molecule has 0 radical (unpaired) electrons. The van der Waals surface area contributed by atoms with Crippen LogP contribution in [0.25, 0.3) is 21.7 Å². The van der Waals surface area contributed by atoms with Crippen LogP contribution >= 0.6 is 11.3 Å². The van der Waals surface area contributed by atoms with Gasteiger partial charge in [0.05, 0.1) is 5.39 Å². The largest absolute Gasteiger partial charge is 0.486 e. The van der Waals surface area contributed by atoms with E-state index in [2.05, 4.69) is 35.4 Å². The van der Waals surface area contributed by atoms with Gasteiger partial charge in [0, 0.05) is 17.6 Å². The van der Waals surface area contributed by atoms with E-state index >= 15 is 0 Å². The zero-order valence-electron chi connectivity index (χ0n) is 16.0. The maximum atomic E-state index is 5.68. The first-order valence-electron chi connectivity index (χ1n) is 9.58. The molecule has 0 saturated carbocycles. The number of pyridine rings is 1. The Kier molecular flexibility index (Phi) is 4.73. The predicted molar refractivity (Wildman–Crippen MR) is 115 cm³/mol. The zero-order valence-corrected chi connectivity index (χ0v) is 16.8. The molecule has 0 spiro atoms. The summed E-state index contributed by atoms with van der Waals surface area (Å²) < 4.78 is 11.3. The molecule has 0 saturated heterocycles. The van der Waals surface area contributed by atoms with Crippen molar-refractivity contribution < 1.29 is 9.47 Å². The molecule has 0 bridgehead atoms. The van der Waals surface area contributed by atoms with Gasteiger partial charge in [-0.2, -0.15) is 0 Å². The summed E-state index contributed by atoms with van der Waals surface area (Å²) >= 11 is 1.67. The van der Waals surface area contributed by atoms with Gasteiger partial charge in [-0.05, 0) is 49.2 Å². The van der Waals surface area contributed by atoms with Gasteiger partial charge in [0.15, 0.2) is 17.3 Å². The zero-order chi connectivity index (χ0) is 19.6. The van der Waals surface area contributed by atoms with Crippen LogP contribution in [0.5, 0.6) is 11.5 Å². The molecule has 29 heavy (non-hydrogen) atoms. The van der Waals surface area contributed by atoms with E-state index in [-0.39, 0.29) is 0 Å². The number of rotatable bonds is 5. The van der Waals surface area contributed by atoms with E-state index < -0.39 is 0 Å². The number of fused-ring (bicyclic) bond motifs is 2. The number of nitrogens with zero attached hydrogens (tertiary/aromatic N) is 3. The quantitative estimate of drug-likeness (QED) is 0.529. The monoisotopic (exact) mass is 404 g/mol. The van der Waals surface area contributed by atoms with Crippen molar-refractivity contribution in [3.8, 4) is 23.0 Å². The first-order chi connectivity index (χ1) is 14.3. The number of hydrogen-bond donors (Lipinski definition) is 1. The first-order valence-corrected chi connectivity index (χ1v) is 10.4. The summed E-state index contributed by atoms with van der Waals surface area (Å²) in [6, 6.07) is 14.0. The van der Waals surface area contributed by atoms with Crippen molar-refractivity contribution in [2.24, 2.45) is 0 Å². The van der Waals surface area contributed by atoms with Gasteiger partial charge in [0.2, 0.25) is 0 Å². The molecule has 4 heterocycles. The number of ether oxygens (including phenoxy) is 2. The minimum absolute atomic E-state index is 0.599. The van der Waals surface area contributed by atoms with E-state index in [4.69, 9.17) is 19.4 Å². The molecule has 146 valence electrons. The Morgan fingerprint density at radius 3 is 2.79 bits per heavy atom. The molecular weight excluding hydrogens is 384 g/mol. The van der Waals surface area contributed by atoms with Crippen molar-refractivity contribution in [3.05, 3.63) is 59.1 Å². The molecule has 4 aromatic rings. The number of hydrogen-bond acceptors (Lipinski definition) is 7. The highest BCUT2D eigenvalue weighted by Crippen LogP contribution is 2.32. The SMILES string of the molecule is Cc1cc2c(NCCc3ccc4c(c3)OCCO4)nc(-c3ccccn3)nc2s1. The lowest BCUT2D eigenvalue weighted by Gasteiger charge is -2.19. The summed E-state index contributed by atoms with van der Waals surface area (Å²) in [6.07, 6.45) is 2.61. The van der Waals surface area contributed by atoms with Crippen LogP contribution in [0.3, 0.4) is 0 Å². The number of thiophene rings is 1. The van der Waals surface area contributed by atoms with Crippen LogP contribution in [-0.4, -0.2) is 34.7 Å². The third-order valence-electron chi connectivity index (χ3n) is 4.72. The van der Waals surface area contributed by atoms with Gasteiger partial charge in [0.1, 0.15) is 29.6 Å². The lowest BCUT2D eigenvalue weighted by atomic mass is 10.1. The summed E-state index contributed by atoms with van der Waals surface area (Å²) in [5.41, 5.74) is 1.97. The van der Waals surface area contributed by atoms with Crippen LogP contribution in [-0.2, 0) is 6.42 Å². The van der Waals surface area contributed by atoms with Crippen molar-refractivity contribution >= 4 is 27.4 Å². The Morgan fingerprint density at radius 1 is 1.03 bits per heavy atom. The second kappa shape index (κ2) is 7.67. The summed E-state index contributed by atoms with van der Waals surface area (Å²) in [6.45, 7) is 4.05. The Labute approximate surface area is 172 Å². The molecule has 1 N–H and O–H groups in total. The molecule has 0 unspecified atom stereocenters. The summed E-state index contributed by atoms with van der Waals surface area (Å²) in [5, 5.41) is 4.55. The van der Waals surface area contributed by atoms with Crippen molar-refractivity contribution in [2.45, 2.75) is 13.3 Å². The smallest absolute Gasteiger partial charge is 0.181 e. The molecule has 0 amide bonds. The Balaban J connectivity index is 1.38. The molecule has 1 aromatic carbocycles. The third kappa shape index (κ3) is 3.73. The van der Waals surface area contributed by atoms with E-state index in [1.165, 1.54) is 10.4 Å². The topological polar surface area (TPSA) is 69.2 Å².